The third-order valence-corrected chi connectivity index (χ3v) is 4.98. The van der Waals surface area contributed by atoms with Gasteiger partial charge in [0.25, 0.3) is 0 Å². The van der Waals surface area contributed by atoms with Crippen LogP contribution in [0.15, 0.2) is 42.9 Å². The van der Waals surface area contributed by atoms with E-state index < -0.39 is 3.79 Å². The quantitative estimate of drug-likeness (QED) is 0.367. The van der Waals surface area contributed by atoms with Crippen molar-refractivity contribution in [2.45, 2.75) is 36.4 Å². The van der Waals surface area contributed by atoms with Crippen LogP contribution in [0, 0.1) is 6.92 Å². The van der Waals surface area contributed by atoms with E-state index in [2.05, 4.69) is 22.2 Å². The van der Waals surface area contributed by atoms with Crippen LogP contribution in [0.5, 0.6) is 11.5 Å². The second-order valence-corrected chi connectivity index (χ2v) is 9.48. The Morgan fingerprint density at radius 2 is 2.13 bits per heavy atom. The van der Waals surface area contributed by atoms with E-state index in [1.165, 1.54) is 0 Å². The van der Waals surface area contributed by atoms with E-state index >= 15 is 0 Å². The number of rotatable bonds is 7. The fourth-order valence-electron chi connectivity index (χ4n) is 3.22. The number of carbonyl (C=O) groups excluding carboxylic acids is 1. The van der Waals surface area contributed by atoms with Gasteiger partial charge >= 0.3 is 0 Å². The molecule has 1 unspecified atom stereocenters. The number of hydrogen-bond donors (Lipinski definition) is 2. The molecule has 0 aliphatic carbocycles. The first kappa shape index (κ1) is 22.5. The lowest BCUT2D eigenvalue weighted by atomic mass is 9.90. The predicted octanol–water partition coefficient (Wildman–Crippen LogP) is 6.29. The Bertz CT molecular complexity index is 960. The van der Waals surface area contributed by atoms with Crippen molar-refractivity contribution in [3.63, 3.8) is 0 Å². The molecule has 1 atom stereocenters. The van der Waals surface area contributed by atoms with Crippen molar-refractivity contribution in [1.29, 1.82) is 0 Å². The molecule has 0 spiro atoms. The van der Waals surface area contributed by atoms with Gasteiger partial charge in [0.2, 0.25) is 9.70 Å². The second kappa shape index (κ2) is 9.33. The minimum Gasteiger partial charge on any atom is -0.475 e. The third kappa shape index (κ3) is 5.72. The summed E-state index contributed by atoms with van der Waals surface area (Å²) in [5.41, 5.74) is 2.62. The number of aryl methyl sites for hydroxylation is 1. The minimum absolute atomic E-state index is 0.0255. The Labute approximate surface area is 190 Å². The summed E-state index contributed by atoms with van der Waals surface area (Å²) in [5, 5.41) is 5.86. The number of aromatic nitrogens is 1. The summed E-state index contributed by atoms with van der Waals surface area (Å²) >= 11 is 17.0. The monoisotopic (exact) mass is 469 g/mol. The molecule has 0 saturated carbocycles. The van der Waals surface area contributed by atoms with Crippen molar-refractivity contribution in [3.05, 3.63) is 54.1 Å². The van der Waals surface area contributed by atoms with Gasteiger partial charge in [0.15, 0.2) is 5.88 Å². The maximum atomic E-state index is 11.9. The normalized spacial score (nSPS) is 15.8. The van der Waals surface area contributed by atoms with Crippen LogP contribution in [0.3, 0.4) is 0 Å². The zero-order chi connectivity index (χ0) is 21.9. The number of anilines is 2. The molecular formula is C21H22Cl3N3O3. The molecule has 0 saturated heterocycles. The number of halogens is 3. The predicted molar refractivity (Wildman–Crippen MR) is 121 cm³/mol. The van der Waals surface area contributed by atoms with Gasteiger partial charge in [-0.2, -0.15) is 0 Å². The van der Waals surface area contributed by atoms with Crippen LogP contribution < -0.4 is 15.4 Å². The lowest BCUT2D eigenvalue weighted by molar-refractivity contribution is -0.116. The fourth-order valence-corrected chi connectivity index (χ4v) is 3.38. The maximum absolute atomic E-state index is 11.9. The molecule has 9 heteroatoms. The number of pyridine rings is 1. The van der Waals surface area contributed by atoms with Gasteiger partial charge < -0.3 is 20.1 Å². The summed E-state index contributed by atoms with van der Waals surface area (Å²) in [6.45, 7) is 7.63. The van der Waals surface area contributed by atoms with Crippen LogP contribution in [-0.2, 0) is 9.53 Å². The average molecular weight is 471 g/mol. The second-order valence-electron chi connectivity index (χ2n) is 6.96. The van der Waals surface area contributed by atoms with Crippen molar-refractivity contribution in [2.75, 3.05) is 17.2 Å². The van der Waals surface area contributed by atoms with Gasteiger partial charge in [0, 0.05) is 23.9 Å². The third-order valence-electron chi connectivity index (χ3n) is 4.65. The highest BCUT2D eigenvalue weighted by Gasteiger charge is 2.28. The summed E-state index contributed by atoms with van der Waals surface area (Å²) < 4.78 is 9.95. The van der Waals surface area contributed by atoms with Gasteiger partial charge in [-0.1, -0.05) is 41.7 Å². The first-order chi connectivity index (χ1) is 14.2. The number of nitrogens with one attached hydrogen (secondary N) is 2. The molecule has 0 fully saturated rings. The Morgan fingerprint density at radius 3 is 2.80 bits per heavy atom. The standard InChI is InChI=1S/C21H22Cl3N3O3/c1-4-14-10-18(28)27-20-19(14)17(7-8-25-20)30-15-5-6-16(12(2)9-15)26-13(3)29-11-21(22,23)24/h5-9,14,26H,3-4,10-11H2,1-2H3,(H,25,27,28). The summed E-state index contributed by atoms with van der Waals surface area (Å²) in [5.74, 6) is 2.21. The number of hydrogen-bond acceptors (Lipinski definition) is 5. The van der Waals surface area contributed by atoms with Crippen molar-refractivity contribution < 1.29 is 14.3 Å². The molecule has 30 heavy (non-hydrogen) atoms. The zero-order valence-electron chi connectivity index (χ0n) is 16.6. The fraction of sp³-hybridized carbons (Fsp3) is 0.333. The van der Waals surface area contributed by atoms with Gasteiger partial charge in [-0.05, 0) is 55.7 Å². The molecule has 2 N–H and O–H groups in total. The molecule has 6 nitrogen and oxygen atoms in total. The molecule has 0 bridgehead atoms. The maximum Gasteiger partial charge on any atom is 0.226 e. The highest BCUT2D eigenvalue weighted by Crippen LogP contribution is 2.41. The molecular weight excluding hydrogens is 449 g/mol. The SMILES string of the molecule is C=C(Nc1ccc(Oc2ccnc3c2C(CC)CC(=O)N3)cc1C)OCC(Cl)(Cl)Cl. The topological polar surface area (TPSA) is 72.5 Å². The molecule has 1 aromatic heterocycles. The molecule has 160 valence electrons. The van der Waals surface area contributed by atoms with Crippen LogP contribution in [0.1, 0.15) is 36.8 Å². The van der Waals surface area contributed by atoms with E-state index in [0.717, 1.165) is 23.2 Å². The highest BCUT2D eigenvalue weighted by molar-refractivity contribution is 6.67. The Balaban J connectivity index is 1.75. The summed E-state index contributed by atoms with van der Waals surface area (Å²) in [4.78, 5) is 16.2. The van der Waals surface area contributed by atoms with Crippen molar-refractivity contribution >= 4 is 52.2 Å². The Hall–Kier alpha value is -2.15. The highest BCUT2D eigenvalue weighted by atomic mass is 35.6. The van der Waals surface area contributed by atoms with E-state index in [1.807, 2.05) is 38.1 Å². The van der Waals surface area contributed by atoms with Crippen LogP contribution in [0.2, 0.25) is 0 Å². The van der Waals surface area contributed by atoms with Crippen LogP contribution >= 0.6 is 34.8 Å². The number of carbonyl (C=O) groups is 1. The Kier molecular flexibility index (Phi) is 7.01. The number of nitrogens with zero attached hydrogens (tertiary/aromatic N) is 1. The van der Waals surface area contributed by atoms with Gasteiger partial charge in [0.1, 0.15) is 23.9 Å². The smallest absolute Gasteiger partial charge is 0.226 e. The first-order valence-corrected chi connectivity index (χ1v) is 10.5. The Morgan fingerprint density at radius 1 is 1.37 bits per heavy atom. The molecule has 2 aromatic rings. The van der Waals surface area contributed by atoms with Gasteiger partial charge in [0.05, 0.1) is 0 Å². The molecule has 3 rings (SSSR count). The average Bonchev–Trinajstić information content (AvgIpc) is 2.67. The molecule has 1 amide bonds. The molecule has 1 aromatic carbocycles. The van der Waals surface area contributed by atoms with Gasteiger partial charge in [-0.3, -0.25) is 4.79 Å². The largest absolute Gasteiger partial charge is 0.475 e. The van der Waals surface area contributed by atoms with E-state index in [4.69, 9.17) is 44.3 Å². The minimum atomic E-state index is -1.52. The zero-order valence-corrected chi connectivity index (χ0v) is 18.9. The molecule has 2 heterocycles. The van der Waals surface area contributed by atoms with Crippen LogP contribution in [0.4, 0.5) is 11.5 Å². The molecule has 1 aliphatic heterocycles. The van der Waals surface area contributed by atoms with Crippen LogP contribution in [0.25, 0.3) is 0 Å². The van der Waals surface area contributed by atoms with E-state index in [9.17, 15) is 4.79 Å². The van der Waals surface area contributed by atoms with E-state index in [1.54, 1.807) is 6.20 Å². The summed E-state index contributed by atoms with van der Waals surface area (Å²) in [6.07, 6.45) is 2.87. The number of alkyl halides is 3. The van der Waals surface area contributed by atoms with Crippen molar-refractivity contribution in [3.8, 4) is 11.5 Å². The number of benzene rings is 1. The van der Waals surface area contributed by atoms with Crippen LogP contribution in [-0.4, -0.2) is 21.3 Å². The van der Waals surface area contributed by atoms with Gasteiger partial charge in [-0.15, -0.1) is 0 Å². The van der Waals surface area contributed by atoms with E-state index in [0.29, 0.717) is 23.7 Å². The van der Waals surface area contributed by atoms with E-state index in [-0.39, 0.29) is 24.3 Å². The first-order valence-electron chi connectivity index (χ1n) is 9.39. The van der Waals surface area contributed by atoms with Crippen molar-refractivity contribution in [2.24, 2.45) is 0 Å². The summed E-state index contributed by atoms with van der Waals surface area (Å²) in [7, 11) is 0. The molecule has 0 radical (unpaired) electrons. The van der Waals surface area contributed by atoms with Gasteiger partial charge in [-0.25, -0.2) is 4.98 Å². The molecule has 1 aliphatic rings. The lowest BCUT2D eigenvalue weighted by Crippen LogP contribution is -2.24. The van der Waals surface area contributed by atoms with Crippen molar-refractivity contribution in [1.82, 2.24) is 4.98 Å². The lowest BCUT2D eigenvalue weighted by Gasteiger charge is -2.26. The number of ether oxygens (including phenoxy) is 2. The summed E-state index contributed by atoms with van der Waals surface area (Å²) in [6, 6.07) is 7.38. The number of fused-ring (bicyclic) bond motifs is 1. The number of amides is 1.